The summed E-state index contributed by atoms with van der Waals surface area (Å²) in [5.41, 5.74) is -0.0976. The van der Waals surface area contributed by atoms with E-state index in [9.17, 15) is 9.59 Å². The molecule has 0 bridgehead atoms. The molecule has 1 saturated heterocycles. The Kier molecular flexibility index (Phi) is 4.77. The molecule has 0 aromatic carbocycles. The summed E-state index contributed by atoms with van der Waals surface area (Å²) in [5.74, 6) is -1.11. The Morgan fingerprint density at radius 3 is 2.62 bits per heavy atom. The van der Waals surface area contributed by atoms with E-state index in [-0.39, 0.29) is 23.8 Å². The number of carbonyl (C=O) groups excluding carboxylic acids is 1. The zero-order valence-electron chi connectivity index (χ0n) is 12.3. The van der Waals surface area contributed by atoms with E-state index in [1.165, 1.54) is 10.9 Å². The van der Waals surface area contributed by atoms with Crippen LogP contribution in [0.1, 0.15) is 43.6 Å². The number of piperidine rings is 1. The van der Waals surface area contributed by atoms with Crippen molar-refractivity contribution in [2.45, 2.75) is 51.7 Å². The minimum Gasteiger partial charge on any atom is -0.476 e. The largest absolute Gasteiger partial charge is 0.476 e. The number of aromatic carboxylic acids is 1. The van der Waals surface area contributed by atoms with E-state index in [0.29, 0.717) is 13.1 Å². The summed E-state index contributed by atoms with van der Waals surface area (Å²) in [5, 5.41) is 18.8. The molecule has 1 aromatic heterocycles. The Bertz CT molecular complexity index is 506. The van der Waals surface area contributed by atoms with Crippen molar-refractivity contribution in [3.63, 3.8) is 0 Å². The molecule has 0 unspecified atom stereocenters. The molecule has 1 aliphatic rings. The number of carboxylic acid groups (broad SMARTS) is 1. The van der Waals surface area contributed by atoms with Crippen LogP contribution in [0.25, 0.3) is 0 Å². The van der Waals surface area contributed by atoms with Gasteiger partial charge in [-0.1, -0.05) is 5.21 Å². The Hall–Kier alpha value is -2.12. The number of likely N-dealkylation sites (tertiary alicyclic amines) is 1. The van der Waals surface area contributed by atoms with E-state index >= 15 is 0 Å². The van der Waals surface area contributed by atoms with Gasteiger partial charge < -0.3 is 15.3 Å². The van der Waals surface area contributed by atoms with Crippen LogP contribution < -0.4 is 5.32 Å². The molecule has 21 heavy (non-hydrogen) atoms. The first-order valence-electron chi connectivity index (χ1n) is 7.18. The van der Waals surface area contributed by atoms with Crippen LogP contribution >= 0.6 is 0 Å². The van der Waals surface area contributed by atoms with Gasteiger partial charge in [0.05, 0.1) is 12.7 Å². The highest BCUT2D eigenvalue weighted by atomic mass is 16.4. The van der Waals surface area contributed by atoms with Crippen LogP contribution in [0, 0.1) is 0 Å². The van der Waals surface area contributed by atoms with Gasteiger partial charge in [0.25, 0.3) is 0 Å². The van der Waals surface area contributed by atoms with Crippen molar-refractivity contribution in [3.05, 3.63) is 11.9 Å². The van der Waals surface area contributed by atoms with E-state index in [0.717, 1.165) is 19.3 Å². The molecule has 2 heterocycles. The number of urea groups is 1. The van der Waals surface area contributed by atoms with Crippen LogP contribution in [0.2, 0.25) is 0 Å². The van der Waals surface area contributed by atoms with Crippen molar-refractivity contribution in [1.29, 1.82) is 0 Å². The SMILES string of the molecule is C[C@@H]1CCC[C@H](C)N1C(=O)NCCn1cc(C(=O)O)nn1. The maximum atomic E-state index is 12.2. The molecule has 0 aliphatic carbocycles. The first-order valence-corrected chi connectivity index (χ1v) is 7.18. The van der Waals surface area contributed by atoms with E-state index in [2.05, 4.69) is 29.5 Å². The summed E-state index contributed by atoms with van der Waals surface area (Å²) in [6.45, 7) is 4.90. The number of carboxylic acids is 1. The lowest BCUT2D eigenvalue weighted by molar-refractivity contribution is 0.0690. The van der Waals surface area contributed by atoms with E-state index < -0.39 is 5.97 Å². The van der Waals surface area contributed by atoms with Crippen LogP contribution in [-0.2, 0) is 6.54 Å². The minimum absolute atomic E-state index is 0.0757. The first kappa shape index (κ1) is 15.3. The lowest BCUT2D eigenvalue weighted by atomic mass is 9.98. The van der Waals surface area contributed by atoms with Crippen molar-refractivity contribution in [2.24, 2.45) is 0 Å². The molecular weight excluding hydrogens is 274 g/mol. The monoisotopic (exact) mass is 295 g/mol. The van der Waals surface area contributed by atoms with Crippen LogP contribution in [0.5, 0.6) is 0 Å². The Labute approximate surface area is 123 Å². The van der Waals surface area contributed by atoms with Crippen LogP contribution in [0.4, 0.5) is 4.79 Å². The lowest BCUT2D eigenvalue weighted by Gasteiger charge is -2.38. The van der Waals surface area contributed by atoms with Crippen molar-refractivity contribution in [3.8, 4) is 0 Å². The van der Waals surface area contributed by atoms with E-state index in [1.54, 1.807) is 0 Å². The molecule has 0 spiro atoms. The van der Waals surface area contributed by atoms with E-state index in [4.69, 9.17) is 5.11 Å². The second-order valence-corrected chi connectivity index (χ2v) is 5.44. The summed E-state index contributed by atoms with van der Waals surface area (Å²) in [6, 6.07) is 0.422. The quantitative estimate of drug-likeness (QED) is 0.861. The predicted octanol–water partition coefficient (Wildman–Crippen LogP) is 0.949. The highest BCUT2D eigenvalue weighted by molar-refractivity contribution is 5.84. The third kappa shape index (κ3) is 3.71. The fraction of sp³-hybridized carbons (Fsp3) is 0.692. The van der Waals surface area contributed by atoms with Crippen LogP contribution in [-0.4, -0.2) is 55.6 Å². The molecular formula is C13H21N5O3. The van der Waals surface area contributed by atoms with Gasteiger partial charge in [-0.2, -0.15) is 0 Å². The number of nitrogens with one attached hydrogen (secondary N) is 1. The van der Waals surface area contributed by atoms with Gasteiger partial charge in [0.2, 0.25) is 0 Å². The standard InChI is InChI=1S/C13H21N5O3/c1-9-4-3-5-10(2)18(9)13(21)14-6-7-17-8-11(12(19)20)15-16-17/h8-10H,3-7H2,1-2H3,(H,14,21)(H,19,20)/t9-,10+. The minimum atomic E-state index is -1.11. The molecule has 1 aliphatic heterocycles. The van der Waals surface area contributed by atoms with Gasteiger partial charge in [0.15, 0.2) is 5.69 Å². The van der Waals surface area contributed by atoms with Gasteiger partial charge in [0.1, 0.15) is 0 Å². The number of rotatable bonds is 4. The number of hydrogen-bond acceptors (Lipinski definition) is 4. The Morgan fingerprint density at radius 2 is 2.05 bits per heavy atom. The summed E-state index contributed by atoms with van der Waals surface area (Å²) in [7, 11) is 0. The van der Waals surface area contributed by atoms with E-state index in [1.807, 2.05) is 4.90 Å². The lowest BCUT2D eigenvalue weighted by Crippen LogP contribution is -2.52. The predicted molar refractivity (Wildman–Crippen MR) is 75.0 cm³/mol. The number of hydrogen-bond donors (Lipinski definition) is 2. The molecule has 8 nitrogen and oxygen atoms in total. The molecule has 1 aromatic rings. The fourth-order valence-electron chi connectivity index (χ4n) is 2.70. The Morgan fingerprint density at radius 1 is 1.38 bits per heavy atom. The maximum Gasteiger partial charge on any atom is 0.358 e. The third-order valence-electron chi connectivity index (χ3n) is 3.80. The summed E-state index contributed by atoms with van der Waals surface area (Å²) in [4.78, 5) is 24.8. The van der Waals surface area contributed by atoms with Gasteiger partial charge in [-0.25, -0.2) is 14.3 Å². The molecule has 0 radical (unpaired) electrons. The summed E-state index contributed by atoms with van der Waals surface area (Å²) >= 11 is 0. The topological polar surface area (TPSA) is 100 Å². The molecule has 0 saturated carbocycles. The van der Waals surface area contributed by atoms with Crippen molar-refractivity contribution in [1.82, 2.24) is 25.2 Å². The van der Waals surface area contributed by atoms with Crippen molar-refractivity contribution < 1.29 is 14.7 Å². The highest BCUT2D eigenvalue weighted by Gasteiger charge is 2.28. The third-order valence-corrected chi connectivity index (χ3v) is 3.80. The van der Waals surface area contributed by atoms with Gasteiger partial charge in [0, 0.05) is 18.6 Å². The average molecular weight is 295 g/mol. The summed E-state index contributed by atoms with van der Waals surface area (Å²) < 4.78 is 1.41. The highest BCUT2D eigenvalue weighted by Crippen LogP contribution is 2.22. The number of aromatic nitrogens is 3. The number of nitrogens with zero attached hydrogens (tertiary/aromatic N) is 4. The fourth-order valence-corrected chi connectivity index (χ4v) is 2.70. The van der Waals surface area contributed by atoms with Gasteiger partial charge in [-0.05, 0) is 33.1 Å². The molecule has 2 rings (SSSR count). The van der Waals surface area contributed by atoms with Gasteiger partial charge in [-0.3, -0.25) is 0 Å². The molecule has 2 N–H and O–H groups in total. The van der Waals surface area contributed by atoms with Crippen LogP contribution in [0.3, 0.4) is 0 Å². The number of amides is 2. The normalized spacial score (nSPS) is 22.1. The molecule has 8 heteroatoms. The zero-order chi connectivity index (χ0) is 15.4. The van der Waals surface area contributed by atoms with Gasteiger partial charge >= 0.3 is 12.0 Å². The van der Waals surface area contributed by atoms with Crippen LogP contribution in [0.15, 0.2) is 6.20 Å². The summed E-state index contributed by atoms with van der Waals surface area (Å²) in [6.07, 6.45) is 4.56. The van der Waals surface area contributed by atoms with Crippen molar-refractivity contribution >= 4 is 12.0 Å². The zero-order valence-corrected chi connectivity index (χ0v) is 12.3. The second kappa shape index (κ2) is 6.55. The molecule has 2 amide bonds. The average Bonchev–Trinajstić information content (AvgIpc) is 2.87. The first-order chi connectivity index (χ1) is 9.99. The molecule has 2 atom stereocenters. The van der Waals surface area contributed by atoms with Gasteiger partial charge in [-0.15, -0.1) is 5.10 Å². The molecule has 1 fully saturated rings. The number of carbonyl (C=O) groups is 2. The second-order valence-electron chi connectivity index (χ2n) is 5.44. The molecule has 116 valence electrons. The Balaban J connectivity index is 1.82. The maximum absolute atomic E-state index is 12.2. The smallest absolute Gasteiger partial charge is 0.358 e. The van der Waals surface area contributed by atoms with Crippen molar-refractivity contribution in [2.75, 3.05) is 6.54 Å².